The molecule has 0 N–H and O–H groups in total. The molecule has 2 rings (SSSR count). The highest BCUT2D eigenvalue weighted by Gasteiger charge is 2.29. The summed E-state index contributed by atoms with van der Waals surface area (Å²) in [5.74, 6) is -0.601. The van der Waals surface area contributed by atoms with Crippen LogP contribution in [0, 0.1) is 12.8 Å². The average Bonchev–Trinajstić information content (AvgIpc) is 3.02. The maximum absolute atomic E-state index is 12.6. The molecule has 0 aromatic heterocycles. The number of hydrogen-bond donors (Lipinski definition) is 0. The summed E-state index contributed by atoms with van der Waals surface area (Å²) in [7, 11) is 1.33. The van der Waals surface area contributed by atoms with E-state index in [2.05, 4.69) is 0 Å². The summed E-state index contributed by atoms with van der Waals surface area (Å²) in [4.78, 5) is 25.7. The van der Waals surface area contributed by atoms with Crippen LogP contribution in [0.25, 0.3) is 0 Å². The molecule has 0 saturated carbocycles. The van der Waals surface area contributed by atoms with Crippen LogP contribution in [0.1, 0.15) is 17.5 Å². The molecule has 21 heavy (non-hydrogen) atoms. The minimum atomic E-state index is -0.407. The molecular formula is C16H21NO4. The Balaban J connectivity index is 2.13. The Morgan fingerprint density at radius 2 is 2.14 bits per heavy atom. The average molecular weight is 291 g/mol. The quantitative estimate of drug-likeness (QED) is 0.772. The van der Waals surface area contributed by atoms with E-state index in [1.807, 2.05) is 31.2 Å². The summed E-state index contributed by atoms with van der Waals surface area (Å²) in [6, 6.07) is 7.85. The fourth-order valence-electron chi connectivity index (χ4n) is 2.41. The van der Waals surface area contributed by atoms with Crippen LogP contribution in [-0.2, 0) is 25.6 Å². The molecule has 1 aromatic rings. The van der Waals surface area contributed by atoms with Crippen LogP contribution < -0.4 is 0 Å². The van der Waals surface area contributed by atoms with Crippen molar-refractivity contribution in [3.05, 3.63) is 35.4 Å². The normalized spacial score (nSPS) is 17.5. The van der Waals surface area contributed by atoms with Gasteiger partial charge in [-0.25, -0.2) is 0 Å². The second-order valence-electron chi connectivity index (χ2n) is 5.26. The third-order valence-corrected chi connectivity index (χ3v) is 3.76. The van der Waals surface area contributed by atoms with Gasteiger partial charge in [0, 0.05) is 13.2 Å². The number of esters is 1. The van der Waals surface area contributed by atoms with Crippen molar-refractivity contribution in [1.82, 2.24) is 4.90 Å². The molecule has 1 amide bonds. The smallest absolute Gasteiger partial charge is 0.325 e. The number of benzene rings is 1. The second kappa shape index (κ2) is 7.22. The fourth-order valence-corrected chi connectivity index (χ4v) is 2.41. The van der Waals surface area contributed by atoms with E-state index in [9.17, 15) is 9.59 Å². The van der Waals surface area contributed by atoms with Gasteiger partial charge in [0.25, 0.3) is 0 Å². The van der Waals surface area contributed by atoms with E-state index >= 15 is 0 Å². The second-order valence-corrected chi connectivity index (χ2v) is 5.26. The predicted molar refractivity (Wildman–Crippen MR) is 77.5 cm³/mol. The summed E-state index contributed by atoms with van der Waals surface area (Å²) in [6.45, 7) is 3.42. The van der Waals surface area contributed by atoms with Crippen LogP contribution in [0.5, 0.6) is 0 Å². The van der Waals surface area contributed by atoms with Crippen molar-refractivity contribution < 1.29 is 19.1 Å². The highest BCUT2D eigenvalue weighted by molar-refractivity contribution is 5.84. The Labute approximate surface area is 124 Å². The molecule has 114 valence electrons. The highest BCUT2D eigenvalue weighted by Crippen LogP contribution is 2.18. The topological polar surface area (TPSA) is 55.8 Å². The van der Waals surface area contributed by atoms with Gasteiger partial charge in [0.15, 0.2) is 0 Å². The summed E-state index contributed by atoms with van der Waals surface area (Å²) in [6.07, 6.45) is 0.713. The van der Waals surface area contributed by atoms with Gasteiger partial charge in [0.05, 0.1) is 19.6 Å². The molecule has 0 aliphatic carbocycles. The van der Waals surface area contributed by atoms with Crippen molar-refractivity contribution in [2.75, 3.05) is 26.9 Å². The van der Waals surface area contributed by atoms with Crippen molar-refractivity contribution in [1.29, 1.82) is 0 Å². The fraction of sp³-hybridized carbons (Fsp3) is 0.500. The summed E-state index contributed by atoms with van der Waals surface area (Å²) < 4.78 is 9.97. The Morgan fingerprint density at radius 1 is 1.38 bits per heavy atom. The van der Waals surface area contributed by atoms with Crippen LogP contribution in [0.4, 0.5) is 0 Å². The highest BCUT2D eigenvalue weighted by atomic mass is 16.5. The lowest BCUT2D eigenvalue weighted by molar-refractivity contribution is -0.149. The zero-order valence-electron chi connectivity index (χ0n) is 12.5. The molecule has 5 nitrogen and oxygen atoms in total. The Morgan fingerprint density at radius 3 is 2.76 bits per heavy atom. The van der Waals surface area contributed by atoms with Crippen LogP contribution in [0.15, 0.2) is 24.3 Å². The number of amides is 1. The first-order chi connectivity index (χ1) is 10.1. The molecule has 5 heteroatoms. The number of hydrogen-bond acceptors (Lipinski definition) is 4. The first-order valence-electron chi connectivity index (χ1n) is 7.09. The van der Waals surface area contributed by atoms with Gasteiger partial charge in [-0.3, -0.25) is 9.59 Å². The van der Waals surface area contributed by atoms with E-state index < -0.39 is 5.97 Å². The zero-order chi connectivity index (χ0) is 15.2. The molecule has 1 atom stereocenters. The first kappa shape index (κ1) is 15.5. The lowest BCUT2D eigenvalue weighted by Gasteiger charge is -2.24. The third kappa shape index (κ3) is 4.04. The maximum Gasteiger partial charge on any atom is 0.325 e. The first-order valence-corrected chi connectivity index (χ1v) is 7.09. The summed E-state index contributed by atoms with van der Waals surface area (Å²) in [5.41, 5.74) is 2.14. The number of aryl methyl sites for hydroxylation is 1. The van der Waals surface area contributed by atoms with E-state index in [1.54, 1.807) is 4.90 Å². The van der Waals surface area contributed by atoms with Crippen molar-refractivity contribution in [3.63, 3.8) is 0 Å². The van der Waals surface area contributed by atoms with Gasteiger partial charge in [-0.15, -0.1) is 0 Å². The van der Waals surface area contributed by atoms with Gasteiger partial charge in [-0.1, -0.05) is 24.3 Å². The van der Waals surface area contributed by atoms with Crippen molar-refractivity contribution in [2.24, 2.45) is 5.92 Å². The Bertz CT molecular complexity index is 509. The van der Waals surface area contributed by atoms with Crippen molar-refractivity contribution in [2.45, 2.75) is 19.9 Å². The van der Waals surface area contributed by atoms with Gasteiger partial charge < -0.3 is 14.4 Å². The van der Waals surface area contributed by atoms with Gasteiger partial charge in [-0.2, -0.15) is 0 Å². The van der Waals surface area contributed by atoms with E-state index in [0.29, 0.717) is 26.2 Å². The molecule has 0 radical (unpaired) electrons. The maximum atomic E-state index is 12.6. The zero-order valence-corrected chi connectivity index (χ0v) is 12.5. The van der Waals surface area contributed by atoms with Gasteiger partial charge in [-0.05, 0) is 24.5 Å². The molecular weight excluding hydrogens is 270 g/mol. The molecule has 1 heterocycles. The predicted octanol–water partition coefficient (Wildman–Crippen LogP) is 1.53. The minimum Gasteiger partial charge on any atom is -0.468 e. The monoisotopic (exact) mass is 291 g/mol. The lowest BCUT2D eigenvalue weighted by Crippen LogP contribution is -2.40. The van der Waals surface area contributed by atoms with Crippen LogP contribution in [0.2, 0.25) is 0 Å². The number of carbonyl (C=O) groups excluding carboxylic acids is 2. The van der Waals surface area contributed by atoms with Crippen LogP contribution >= 0.6 is 0 Å². The van der Waals surface area contributed by atoms with E-state index in [-0.39, 0.29) is 18.4 Å². The third-order valence-electron chi connectivity index (χ3n) is 3.76. The number of nitrogens with zero attached hydrogens (tertiary/aromatic N) is 1. The molecule has 0 bridgehead atoms. The minimum absolute atomic E-state index is 0.0276. The summed E-state index contributed by atoms with van der Waals surface area (Å²) >= 11 is 0. The number of carbonyl (C=O) groups is 2. The van der Waals surface area contributed by atoms with Crippen molar-refractivity contribution >= 4 is 11.9 Å². The Kier molecular flexibility index (Phi) is 5.33. The molecule has 1 fully saturated rings. The summed E-state index contributed by atoms with van der Waals surface area (Å²) in [5, 5.41) is 0. The standard InChI is InChI=1S/C16H21NO4/c1-12-5-3-4-6-13(12)9-17(10-15(18)20-2)16(19)14-7-8-21-11-14/h3-6,14H,7-11H2,1-2H3. The van der Waals surface area contributed by atoms with Crippen LogP contribution in [0.3, 0.4) is 0 Å². The molecule has 1 aliphatic heterocycles. The molecule has 1 unspecified atom stereocenters. The lowest BCUT2D eigenvalue weighted by atomic mass is 10.1. The van der Waals surface area contributed by atoms with Crippen LogP contribution in [-0.4, -0.2) is 43.6 Å². The number of methoxy groups -OCH3 is 1. The van der Waals surface area contributed by atoms with Gasteiger partial charge in [0.2, 0.25) is 5.91 Å². The van der Waals surface area contributed by atoms with E-state index in [0.717, 1.165) is 11.1 Å². The molecule has 1 aliphatic rings. The van der Waals surface area contributed by atoms with E-state index in [1.165, 1.54) is 7.11 Å². The van der Waals surface area contributed by atoms with Gasteiger partial charge in [0.1, 0.15) is 6.54 Å². The van der Waals surface area contributed by atoms with Gasteiger partial charge >= 0.3 is 5.97 Å². The van der Waals surface area contributed by atoms with Crippen molar-refractivity contribution in [3.8, 4) is 0 Å². The Hall–Kier alpha value is -1.88. The number of ether oxygens (including phenoxy) is 2. The van der Waals surface area contributed by atoms with E-state index in [4.69, 9.17) is 9.47 Å². The largest absolute Gasteiger partial charge is 0.468 e. The molecule has 1 aromatic carbocycles. The number of rotatable bonds is 5. The SMILES string of the molecule is COC(=O)CN(Cc1ccccc1C)C(=O)C1CCOC1. The molecule has 1 saturated heterocycles. The molecule has 0 spiro atoms.